The van der Waals surface area contributed by atoms with E-state index in [4.69, 9.17) is 0 Å². The molecule has 0 unspecified atom stereocenters. The van der Waals surface area contributed by atoms with Crippen LogP contribution >= 0.6 is 0 Å². The SMILES string of the molecule is Cc1ncn(-c2cc(N3CCN(C(=O)CC(F)(F)F)CC3)ncn2)c1C. The number of halogens is 3. The molecular weight excluding hydrogens is 349 g/mol. The van der Waals surface area contributed by atoms with Crippen molar-refractivity contribution in [2.75, 3.05) is 31.1 Å². The summed E-state index contributed by atoms with van der Waals surface area (Å²) in [6, 6.07) is 1.81. The topological polar surface area (TPSA) is 67.2 Å². The summed E-state index contributed by atoms with van der Waals surface area (Å²) in [6.07, 6.45) is -2.76. The van der Waals surface area contributed by atoms with Crippen LogP contribution in [0.5, 0.6) is 0 Å². The summed E-state index contributed by atoms with van der Waals surface area (Å²) in [4.78, 5) is 27.6. The zero-order valence-electron chi connectivity index (χ0n) is 14.5. The van der Waals surface area contributed by atoms with Crippen LogP contribution in [-0.2, 0) is 4.79 Å². The molecule has 0 aromatic carbocycles. The molecule has 2 aromatic heterocycles. The molecule has 1 fully saturated rings. The summed E-state index contributed by atoms with van der Waals surface area (Å²) < 4.78 is 38.9. The number of hydrogen-bond acceptors (Lipinski definition) is 5. The van der Waals surface area contributed by atoms with E-state index in [2.05, 4.69) is 15.0 Å². The zero-order valence-corrected chi connectivity index (χ0v) is 14.5. The first-order valence-corrected chi connectivity index (χ1v) is 8.17. The molecule has 1 amide bonds. The maximum absolute atomic E-state index is 12.4. The first-order chi connectivity index (χ1) is 12.2. The number of hydrogen-bond donors (Lipinski definition) is 0. The molecule has 0 N–H and O–H groups in total. The third-order valence-electron chi connectivity index (χ3n) is 4.44. The molecule has 2 aromatic rings. The number of anilines is 1. The van der Waals surface area contributed by atoms with E-state index in [9.17, 15) is 18.0 Å². The lowest BCUT2D eigenvalue weighted by molar-refractivity contribution is -0.161. The van der Waals surface area contributed by atoms with E-state index in [1.54, 1.807) is 12.4 Å². The molecule has 1 saturated heterocycles. The van der Waals surface area contributed by atoms with Gasteiger partial charge in [-0.05, 0) is 13.8 Å². The van der Waals surface area contributed by atoms with Crippen molar-refractivity contribution in [1.29, 1.82) is 0 Å². The van der Waals surface area contributed by atoms with E-state index < -0.39 is 18.5 Å². The van der Waals surface area contributed by atoms with Gasteiger partial charge in [-0.25, -0.2) is 15.0 Å². The minimum absolute atomic E-state index is 0.234. The molecule has 7 nitrogen and oxygen atoms in total. The number of alkyl halides is 3. The number of amides is 1. The highest BCUT2D eigenvalue weighted by Crippen LogP contribution is 2.22. The van der Waals surface area contributed by atoms with Gasteiger partial charge in [0.25, 0.3) is 0 Å². The second-order valence-electron chi connectivity index (χ2n) is 6.18. The molecule has 0 radical (unpaired) electrons. The molecule has 1 aliphatic rings. The highest BCUT2D eigenvalue weighted by molar-refractivity contribution is 5.77. The van der Waals surface area contributed by atoms with Gasteiger partial charge in [0.05, 0.1) is 5.69 Å². The Morgan fingerprint density at radius 3 is 2.31 bits per heavy atom. The summed E-state index contributed by atoms with van der Waals surface area (Å²) in [5.74, 6) is 0.456. The molecule has 0 spiro atoms. The molecule has 3 rings (SSSR count). The fourth-order valence-corrected chi connectivity index (χ4v) is 2.84. The van der Waals surface area contributed by atoms with Crippen LogP contribution in [-0.4, -0.2) is 62.7 Å². The van der Waals surface area contributed by atoms with Crippen molar-refractivity contribution in [2.45, 2.75) is 26.4 Å². The van der Waals surface area contributed by atoms with E-state index in [1.807, 2.05) is 23.3 Å². The number of carbonyl (C=O) groups is 1. The largest absolute Gasteiger partial charge is 0.397 e. The van der Waals surface area contributed by atoms with E-state index >= 15 is 0 Å². The Kier molecular flexibility index (Phi) is 4.84. The van der Waals surface area contributed by atoms with E-state index in [1.165, 1.54) is 11.2 Å². The monoisotopic (exact) mass is 368 g/mol. The zero-order chi connectivity index (χ0) is 18.9. The van der Waals surface area contributed by atoms with Crippen LogP contribution in [0.2, 0.25) is 0 Å². The van der Waals surface area contributed by atoms with Gasteiger partial charge in [0.1, 0.15) is 30.7 Å². The van der Waals surface area contributed by atoms with Gasteiger partial charge < -0.3 is 9.80 Å². The molecule has 3 heterocycles. The number of piperazine rings is 1. The summed E-state index contributed by atoms with van der Waals surface area (Å²) in [5.41, 5.74) is 1.87. The Labute approximate surface area is 148 Å². The van der Waals surface area contributed by atoms with Gasteiger partial charge in [-0.3, -0.25) is 9.36 Å². The van der Waals surface area contributed by atoms with E-state index in [0.29, 0.717) is 24.7 Å². The van der Waals surface area contributed by atoms with Crippen LogP contribution in [0.15, 0.2) is 18.7 Å². The van der Waals surface area contributed by atoms with Crippen molar-refractivity contribution >= 4 is 11.7 Å². The predicted octanol–water partition coefficient (Wildman–Crippen LogP) is 1.88. The molecule has 10 heteroatoms. The van der Waals surface area contributed by atoms with Crippen LogP contribution in [0.1, 0.15) is 17.8 Å². The van der Waals surface area contributed by atoms with Gasteiger partial charge in [-0.15, -0.1) is 0 Å². The second kappa shape index (κ2) is 6.93. The average molecular weight is 368 g/mol. The van der Waals surface area contributed by atoms with Crippen LogP contribution in [0, 0.1) is 13.8 Å². The highest BCUT2D eigenvalue weighted by atomic mass is 19.4. The number of carbonyl (C=O) groups excluding carboxylic acids is 1. The third kappa shape index (κ3) is 3.94. The van der Waals surface area contributed by atoms with Crippen LogP contribution < -0.4 is 4.90 Å². The summed E-state index contributed by atoms with van der Waals surface area (Å²) in [6.45, 7) is 5.15. The van der Waals surface area contributed by atoms with Gasteiger partial charge in [0.2, 0.25) is 5.91 Å². The molecule has 140 valence electrons. The van der Waals surface area contributed by atoms with Crippen LogP contribution in [0.3, 0.4) is 0 Å². The number of aryl methyl sites for hydroxylation is 1. The Morgan fingerprint density at radius 2 is 1.73 bits per heavy atom. The van der Waals surface area contributed by atoms with Gasteiger partial charge in [-0.1, -0.05) is 0 Å². The van der Waals surface area contributed by atoms with Crippen molar-refractivity contribution in [3.8, 4) is 5.82 Å². The van der Waals surface area contributed by atoms with Crippen molar-refractivity contribution in [3.05, 3.63) is 30.1 Å². The molecular formula is C16H19F3N6O. The Morgan fingerprint density at radius 1 is 1.08 bits per heavy atom. The highest BCUT2D eigenvalue weighted by Gasteiger charge is 2.34. The fraction of sp³-hybridized carbons (Fsp3) is 0.500. The smallest absolute Gasteiger partial charge is 0.353 e. The minimum atomic E-state index is -4.48. The second-order valence-corrected chi connectivity index (χ2v) is 6.18. The maximum Gasteiger partial charge on any atom is 0.397 e. The van der Waals surface area contributed by atoms with Crippen molar-refractivity contribution in [3.63, 3.8) is 0 Å². The maximum atomic E-state index is 12.4. The minimum Gasteiger partial charge on any atom is -0.353 e. The molecule has 1 aliphatic heterocycles. The first-order valence-electron chi connectivity index (χ1n) is 8.17. The van der Waals surface area contributed by atoms with Gasteiger partial charge in [0.15, 0.2) is 0 Å². The molecule has 26 heavy (non-hydrogen) atoms. The summed E-state index contributed by atoms with van der Waals surface area (Å²) in [5, 5.41) is 0. The normalized spacial score (nSPS) is 15.4. The number of imidazole rings is 1. The van der Waals surface area contributed by atoms with Crippen LogP contribution in [0.25, 0.3) is 5.82 Å². The van der Waals surface area contributed by atoms with Crippen molar-refractivity contribution in [1.82, 2.24) is 24.4 Å². The average Bonchev–Trinajstić information content (AvgIpc) is 2.93. The number of rotatable bonds is 3. The van der Waals surface area contributed by atoms with E-state index in [-0.39, 0.29) is 13.1 Å². The third-order valence-corrected chi connectivity index (χ3v) is 4.44. The predicted molar refractivity (Wildman–Crippen MR) is 88.1 cm³/mol. The standard InChI is InChI=1S/C16H19F3N6O/c1-11-12(2)25(10-22-11)14-7-13(20-9-21-14)23-3-5-24(6-4-23)15(26)8-16(17,18)19/h7,9-10H,3-6,8H2,1-2H3. The number of nitrogens with zero attached hydrogens (tertiary/aromatic N) is 6. The molecule has 0 saturated carbocycles. The summed E-state index contributed by atoms with van der Waals surface area (Å²) >= 11 is 0. The van der Waals surface area contributed by atoms with Crippen molar-refractivity contribution < 1.29 is 18.0 Å². The molecule has 0 aliphatic carbocycles. The Hall–Kier alpha value is -2.65. The first kappa shape index (κ1) is 18.2. The lowest BCUT2D eigenvalue weighted by Gasteiger charge is -2.35. The Bertz CT molecular complexity index is 796. The van der Waals surface area contributed by atoms with Gasteiger partial charge in [-0.2, -0.15) is 13.2 Å². The fourth-order valence-electron chi connectivity index (χ4n) is 2.84. The van der Waals surface area contributed by atoms with Crippen LogP contribution in [0.4, 0.5) is 19.0 Å². The molecule has 0 bridgehead atoms. The quantitative estimate of drug-likeness (QED) is 0.828. The number of aromatic nitrogens is 4. The van der Waals surface area contributed by atoms with E-state index in [0.717, 1.165) is 11.4 Å². The summed E-state index contributed by atoms with van der Waals surface area (Å²) in [7, 11) is 0. The Balaban J connectivity index is 1.68. The molecule has 0 atom stereocenters. The lowest BCUT2D eigenvalue weighted by atomic mass is 10.2. The van der Waals surface area contributed by atoms with Crippen molar-refractivity contribution in [2.24, 2.45) is 0 Å². The van der Waals surface area contributed by atoms with Gasteiger partial charge in [0, 0.05) is 37.9 Å². The lowest BCUT2D eigenvalue weighted by Crippen LogP contribution is -2.49. The van der Waals surface area contributed by atoms with Gasteiger partial charge >= 0.3 is 6.18 Å².